The maximum absolute atomic E-state index is 3.74. The minimum absolute atomic E-state index is 0.639. The Morgan fingerprint density at radius 1 is 1.20 bits per heavy atom. The van der Waals surface area contributed by atoms with Gasteiger partial charge in [-0.3, -0.25) is 9.98 Å². The van der Waals surface area contributed by atoms with Gasteiger partial charge in [-0.25, -0.2) is 4.98 Å². The van der Waals surface area contributed by atoms with Crippen molar-refractivity contribution >= 4 is 12.4 Å². The van der Waals surface area contributed by atoms with Crippen molar-refractivity contribution in [2.24, 2.45) is 9.98 Å². The zero-order valence-electron chi connectivity index (χ0n) is 5.44. The molecular weight excluding hydrogens is 128 g/mol. The predicted molar refractivity (Wildman–Crippen MR) is 40.4 cm³/mol. The molecule has 0 saturated carbocycles. The molecule has 0 saturated heterocycles. The first-order valence-electron chi connectivity index (χ1n) is 2.91. The molecule has 0 aromatic carbocycles. The minimum atomic E-state index is 0.639. The molecule has 2 rings (SSSR count). The third kappa shape index (κ3) is 2.76. The second-order valence-corrected chi connectivity index (χ2v) is 1.57. The average molecular weight is 136 g/mol. The normalized spacial score (nSPS) is 12.8. The number of aliphatic imine (C=N–C) groups is 2. The van der Waals surface area contributed by atoms with Crippen LogP contribution < -0.4 is 0 Å². The number of nitrogens with zero attached hydrogens (tertiary/aromatic N) is 3. The zero-order chi connectivity index (χ0) is 7.07. The highest BCUT2D eigenvalue weighted by Crippen LogP contribution is 1.72. The highest BCUT2D eigenvalue weighted by Gasteiger charge is 1.72. The number of aromatic amines is 1. The molecule has 52 valence electrons. The molecule has 0 fully saturated rings. The summed E-state index contributed by atoms with van der Waals surface area (Å²) in [5, 5.41) is 0. The van der Waals surface area contributed by atoms with Gasteiger partial charge in [0.05, 0.1) is 6.33 Å². The third-order valence-electron chi connectivity index (χ3n) is 0.847. The van der Waals surface area contributed by atoms with Crippen molar-refractivity contribution in [2.75, 3.05) is 6.67 Å². The van der Waals surface area contributed by atoms with E-state index in [0.29, 0.717) is 6.67 Å². The number of hydrogen-bond acceptors (Lipinski definition) is 3. The Morgan fingerprint density at radius 3 is 2.20 bits per heavy atom. The molecule has 0 aliphatic carbocycles. The number of hydrogen-bond donors (Lipinski definition) is 1. The second-order valence-electron chi connectivity index (χ2n) is 1.57. The zero-order valence-corrected chi connectivity index (χ0v) is 5.44. The Morgan fingerprint density at radius 2 is 2.00 bits per heavy atom. The van der Waals surface area contributed by atoms with E-state index in [-0.39, 0.29) is 0 Å². The molecule has 1 N–H and O–H groups in total. The van der Waals surface area contributed by atoms with Crippen LogP contribution in [0.3, 0.4) is 0 Å². The molecule has 1 aromatic heterocycles. The van der Waals surface area contributed by atoms with Gasteiger partial charge >= 0.3 is 0 Å². The fourth-order valence-corrected chi connectivity index (χ4v) is 0.451. The van der Waals surface area contributed by atoms with Gasteiger partial charge in [0, 0.05) is 24.8 Å². The number of H-pyrrole nitrogens is 1. The average Bonchev–Trinajstić information content (AvgIpc) is 2.67. The van der Waals surface area contributed by atoms with Crippen LogP contribution in [0.2, 0.25) is 0 Å². The van der Waals surface area contributed by atoms with Crippen LogP contribution in [-0.4, -0.2) is 29.1 Å². The SMILES string of the molecule is C1=NCN=C1.c1c[nH]cn1. The molecule has 4 nitrogen and oxygen atoms in total. The van der Waals surface area contributed by atoms with Gasteiger partial charge < -0.3 is 4.98 Å². The summed E-state index contributed by atoms with van der Waals surface area (Å²) in [7, 11) is 0. The molecule has 1 aromatic rings. The van der Waals surface area contributed by atoms with Crippen molar-refractivity contribution < 1.29 is 0 Å². The molecule has 4 heteroatoms. The van der Waals surface area contributed by atoms with E-state index in [1.807, 2.05) is 0 Å². The smallest absolute Gasteiger partial charge is 0.129 e. The summed E-state index contributed by atoms with van der Waals surface area (Å²) in [4.78, 5) is 13.9. The van der Waals surface area contributed by atoms with Crippen molar-refractivity contribution in [1.29, 1.82) is 0 Å². The molecule has 2 heterocycles. The molecule has 0 unspecified atom stereocenters. The highest BCUT2D eigenvalue weighted by molar-refractivity contribution is 6.17. The van der Waals surface area contributed by atoms with E-state index in [0.717, 1.165) is 0 Å². The lowest BCUT2D eigenvalue weighted by molar-refractivity contribution is 1.11. The molecule has 0 atom stereocenters. The van der Waals surface area contributed by atoms with Crippen molar-refractivity contribution in [3.8, 4) is 0 Å². The predicted octanol–water partition coefficient (Wildman–Crippen LogP) is 0.509. The van der Waals surface area contributed by atoms with E-state index in [1.165, 1.54) is 0 Å². The van der Waals surface area contributed by atoms with E-state index in [9.17, 15) is 0 Å². The van der Waals surface area contributed by atoms with Crippen LogP contribution in [0.15, 0.2) is 28.7 Å². The topological polar surface area (TPSA) is 53.4 Å². The first-order valence-corrected chi connectivity index (χ1v) is 2.91. The monoisotopic (exact) mass is 136 g/mol. The summed E-state index contributed by atoms with van der Waals surface area (Å²) < 4.78 is 0. The largest absolute Gasteiger partial charge is 0.351 e. The van der Waals surface area contributed by atoms with Crippen molar-refractivity contribution in [3.05, 3.63) is 18.7 Å². The third-order valence-corrected chi connectivity index (χ3v) is 0.847. The van der Waals surface area contributed by atoms with E-state index < -0.39 is 0 Å². The van der Waals surface area contributed by atoms with Gasteiger partial charge in [0.1, 0.15) is 6.67 Å². The fourth-order valence-electron chi connectivity index (χ4n) is 0.451. The first-order chi connectivity index (χ1) is 5.00. The Bertz CT molecular complexity index is 172. The summed E-state index contributed by atoms with van der Waals surface area (Å²) in [6.07, 6.45) is 8.47. The van der Waals surface area contributed by atoms with Crippen LogP contribution in [0.25, 0.3) is 0 Å². The summed E-state index contributed by atoms with van der Waals surface area (Å²) in [5.41, 5.74) is 0. The van der Waals surface area contributed by atoms with Crippen LogP contribution in [0.5, 0.6) is 0 Å². The molecule has 0 amide bonds. The summed E-state index contributed by atoms with van der Waals surface area (Å²) in [5.74, 6) is 0. The maximum atomic E-state index is 3.74. The van der Waals surface area contributed by atoms with Gasteiger partial charge in [0.15, 0.2) is 0 Å². The highest BCUT2D eigenvalue weighted by atomic mass is 14.9. The summed E-state index contributed by atoms with van der Waals surface area (Å²) in [6, 6.07) is 0. The number of aromatic nitrogens is 2. The van der Waals surface area contributed by atoms with Crippen LogP contribution >= 0.6 is 0 Å². The minimum Gasteiger partial charge on any atom is -0.351 e. The Balaban J connectivity index is 0.0000001000. The van der Waals surface area contributed by atoms with Gasteiger partial charge in [0.2, 0.25) is 0 Å². The standard InChI is InChI=1S/2C3H4N2/c2*1-2-5-3-4-1/h1-2H,3H2;1-3H,(H,4,5). The lowest BCUT2D eigenvalue weighted by Crippen LogP contribution is -1.56. The van der Waals surface area contributed by atoms with Crippen molar-refractivity contribution in [3.63, 3.8) is 0 Å². The van der Waals surface area contributed by atoms with E-state index >= 15 is 0 Å². The van der Waals surface area contributed by atoms with Crippen molar-refractivity contribution in [2.45, 2.75) is 0 Å². The fraction of sp³-hybridized carbons (Fsp3) is 0.167. The molecular formula is C6H8N4. The van der Waals surface area contributed by atoms with Crippen molar-refractivity contribution in [1.82, 2.24) is 9.97 Å². The molecule has 0 radical (unpaired) electrons. The van der Waals surface area contributed by atoms with Crippen LogP contribution in [0.1, 0.15) is 0 Å². The Labute approximate surface area is 58.7 Å². The lowest BCUT2D eigenvalue weighted by atomic mass is 10.9. The first kappa shape index (κ1) is 6.67. The van der Waals surface area contributed by atoms with Crippen LogP contribution in [0, 0.1) is 0 Å². The van der Waals surface area contributed by atoms with Gasteiger partial charge in [-0.15, -0.1) is 0 Å². The summed E-state index contributed by atoms with van der Waals surface area (Å²) in [6.45, 7) is 0.639. The van der Waals surface area contributed by atoms with E-state index in [1.54, 1.807) is 31.2 Å². The van der Waals surface area contributed by atoms with Gasteiger partial charge in [-0.05, 0) is 0 Å². The Kier molecular flexibility index (Phi) is 2.95. The van der Waals surface area contributed by atoms with Gasteiger partial charge in [-0.1, -0.05) is 0 Å². The summed E-state index contributed by atoms with van der Waals surface area (Å²) >= 11 is 0. The maximum Gasteiger partial charge on any atom is 0.129 e. The van der Waals surface area contributed by atoms with Crippen LogP contribution in [0.4, 0.5) is 0 Å². The Hall–Kier alpha value is -1.45. The molecule has 0 spiro atoms. The van der Waals surface area contributed by atoms with Crippen LogP contribution in [-0.2, 0) is 0 Å². The molecule has 0 bridgehead atoms. The lowest BCUT2D eigenvalue weighted by Gasteiger charge is -1.61. The quantitative estimate of drug-likeness (QED) is 0.555. The van der Waals surface area contributed by atoms with Gasteiger partial charge in [0.25, 0.3) is 0 Å². The van der Waals surface area contributed by atoms with Gasteiger partial charge in [-0.2, -0.15) is 0 Å². The van der Waals surface area contributed by atoms with E-state index in [2.05, 4.69) is 20.0 Å². The molecule has 10 heavy (non-hydrogen) atoms. The number of rotatable bonds is 0. The molecule has 1 aliphatic rings. The molecule has 1 aliphatic heterocycles. The van der Waals surface area contributed by atoms with E-state index in [4.69, 9.17) is 0 Å². The second kappa shape index (κ2) is 4.43. The number of nitrogens with one attached hydrogen (secondary N) is 1. The number of imidazole rings is 1.